The van der Waals surface area contributed by atoms with E-state index >= 15 is 0 Å². The van der Waals surface area contributed by atoms with Crippen molar-refractivity contribution in [3.05, 3.63) is 34.3 Å². The fourth-order valence-electron chi connectivity index (χ4n) is 2.06. The fourth-order valence-corrected chi connectivity index (χ4v) is 2.61. The van der Waals surface area contributed by atoms with Crippen molar-refractivity contribution >= 4 is 56.4 Å². The molecule has 5 heteroatoms. The lowest BCUT2D eigenvalue weighted by Gasteiger charge is -1.98. The van der Waals surface area contributed by atoms with Crippen LogP contribution in [0.25, 0.3) is 21.8 Å². The van der Waals surface area contributed by atoms with Gasteiger partial charge in [-0.15, -0.1) is 0 Å². The maximum absolute atomic E-state index is 6.14. The summed E-state index contributed by atoms with van der Waals surface area (Å²) in [6, 6.07) is 7.12. The summed E-state index contributed by atoms with van der Waals surface area (Å²) in [5.41, 5.74) is 14.4. The zero-order chi connectivity index (χ0) is 12.2. The molecule has 0 unspecified atom stereocenters. The number of nitrogens with two attached hydrogens (primary N) is 2. The van der Waals surface area contributed by atoms with Crippen LogP contribution in [0.15, 0.2) is 24.3 Å². The third-order valence-electron chi connectivity index (χ3n) is 2.77. The minimum Gasteiger partial charge on any atom is -0.399 e. The minimum atomic E-state index is 0.575. The molecule has 0 amide bonds. The lowest BCUT2D eigenvalue weighted by molar-refractivity contribution is 1.54. The van der Waals surface area contributed by atoms with E-state index in [1.165, 1.54) is 0 Å². The van der Waals surface area contributed by atoms with E-state index in [4.69, 9.17) is 34.7 Å². The molecule has 0 atom stereocenters. The zero-order valence-electron chi connectivity index (χ0n) is 8.72. The molecule has 2 aromatic carbocycles. The Labute approximate surface area is 107 Å². The first kappa shape index (κ1) is 10.6. The molecule has 0 spiro atoms. The van der Waals surface area contributed by atoms with Crippen LogP contribution in [-0.2, 0) is 0 Å². The zero-order valence-corrected chi connectivity index (χ0v) is 10.2. The van der Waals surface area contributed by atoms with Crippen LogP contribution in [0.3, 0.4) is 0 Å². The number of hydrogen-bond acceptors (Lipinski definition) is 2. The van der Waals surface area contributed by atoms with Crippen LogP contribution in [0.2, 0.25) is 10.0 Å². The monoisotopic (exact) mass is 265 g/mol. The number of nitrogen functional groups attached to an aromatic ring is 2. The Kier molecular flexibility index (Phi) is 2.15. The molecule has 3 nitrogen and oxygen atoms in total. The number of fused-ring (bicyclic) bond motifs is 3. The molecule has 3 rings (SSSR count). The number of hydrogen-bond donors (Lipinski definition) is 3. The van der Waals surface area contributed by atoms with Crippen LogP contribution in [0, 0.1) is 0 Å². The molecule has 0 fully saturated rings. The molecule has 86 valence electrons. The molecule has 0 aliphatic heterocycles. The fraction of sp³-hybridized carbons (Fsp3) is 0. The predicted molar refractivity (Wildman–Crippen MR) is 74.6 cm³/mol. The first-order valence-electron chi connectivity index (χ1n) is 5.01. The van der Waals surface area contributed by atoms with Gasteiger partial charge in [0.15, 0.2) is 0 Å². The summed E-state index contributed by atoms with van der Waals surface area (Å²) in [7, 11) is 0. The van der Waals surface area contributed by atoms with E-state index in [1.807, 2.05) is 12.1 Å². The van der Waals surface area contributed by atoms with Crippen molar-refractivity contribution in [2.45, 2.75) is 0 Å². The predicted octanol–water partition coefficient (Wildman–Crippen LogP) is 3.79. The maximum atomic E-state index is 6.14. The van der Waals surface area contributed by atoms with Crippen LogP contribution in [0.5, 0.6) is 0 Å². The molecular formula is C12H9Cl2N3. The first-order chi connectivity index (χ1) is 8.06. The molecule has 0 aliphatic carbocycles. The summed E-state index contributed by atoms with van der Waals surface area (Å²) in [5.74, 6) is 0. The van der Waals surface area contributed by atoms with Crippen LogP contribution in [0.1, 0.15) is 0 Å². The topological polar surface area (TPSA) is 67.8 Å². The third-order valence-corrected chi connectivity index (χ3v) is 3.36. The highest BCUT2D eigenvalue weighted by Gasteiger charge is 2.11. The average Bonchev–Trinajstić information content (AvgIpc) is 2.58. The SMILES string of the molecule is Nc1cc(Cl)c2[nH]c3c(Cl)cc(N)cc3c2c1. The number of halogens is 2. The van der Waals surface area contributed by atoms with Crippen molar-refractivity contribution in [1.82, 2.24) is 4.98 Å². The molecule has 0 radical (unpaired) electrons. The van der Waals surface area contributed by atoms with Gasteiger partial charge in [0.2, 0.25) is 0 Å². The molecule has 17 heavy (non-hydrogen) atoms. The molecule has 5 N–H and O–H groups in total. The highest BCUT2D eigenvalue weighted by molar-refractivity contribution is 6.39. The summed E-state index contributed by atoms with van der Waals surface area (Å²) in [6.45, 7) is 0. The van der Waals surface area contributed by atoms with Gasteiger partial charge in [-0.25, -0.2) is 0 Å². The molecule has 3 aromatic rings. The summed E-state index contributed by atoms with van der Waals surface area (Å²) < 4.78 is 0. The highest BCUT2D eigenvalue weighted by Crippen LogP contribution is 2.36. The van der Waals surface area contributed by atoms with Crippen molar-refractivity contribution in [3.63, 3.8) is 0 Å². The molecule has 1 heterocycles. The van der Waals surface area contributed by atoms with Gasteiger partial charge in [0.05, 0.1) is 21.1 Å². The van der Waals surface area contributed by atoms with Gasteiger partial charge >= 0.3 is 0 Å². The molecule has 0 saturated carbocycles. The lowest BCUT2D eigenvalue weighted by atomic mass is 10.1. The van der Waals surface area contributed by atoms with Crippen molar-refractivity contribution in [1.29, 1.82) is 0 Å². The Morgan fingerprint density at radius 2 is 1.18 bits per heavy atom. The number of aromatic amines is 1. The van der Waals surface area contributed by atoms with E-state index in [2.05, 4.69) is 4.98 Å². The van der Waals surface area contributed by atoms with Crippen LogP contribution < -0.4 is 11.5 Å². The van der Waals surface area contributed by atoms with E-state index in [9.17, 15) is 0 Å². The van der Waals surface area contributed by atoms with Crippen molar-refractivity contribution in [2.75, 3.05) is 11.5 Å². The summed E-state index contributed by atoms with van der Waals surface area (Å²) in [5, 5.41) is 3.01. The molecule has 0 saturated heterocycles. The van der Waals surface area contributed by atoms with E-state index in [0.29, 0.717) is 21.4 Å². The second-order valence-electron chi connectivity index (χ2n) is 3.98. The summed E-state index contributed by atoms with van der Waals surface area (Å²) in [4.78, 5) is 3.19. The highest BCUT2D eigenvalue weighted by atomic mass is 35.5. The van der Waals surface area contributed by atoms with E-state index in [0.717, 1.165) is 21.8 Å². The Morgan fingerprint density at radius 1 is 0.765 bits per heavy atom. The first-order valence-corrected chi connectivity index (χ1v) is 5.77. The van der Waals surface area contributed by atoms with E-state index in [1.54, 1.807) is 12.1 Å². The van der Waals surface area contributed by atoms with Crippen molar-refractivity contribution < 1.29 is 0 Å². The third kappa shape index (κ3) is 1.51. The summed E-state index contributed by atoms with van der Waals surface area (Å²) >= 11 is 12.3. The second-order valence-corrected chi connectivity index (χ2v) is 4.79. The molecular weight excluding hydrogens is 257 g/mol. The van der Waals surface area contributed by atoms with Gasteiger partial charge in [-0.1, -0.05) is 23.2 Å². The van der Waals surface area contributed by atoms with Crippen LogP contribution >= 0.6 is 23.2 Å². The number of benzene rings is 2. The van der Waals surface area contributed by atoms with Crippen molar-refractivity contribution in [2.24, 2.45) is 0 Å². The van der Waals surface area contributed by atoms with E-state index < -0.39 is 0 Å². The van der Waals surface area contributed by atoms with Gasteiger partial charge in [0.1, 0.15) is 0 Å². The van der Waals surface area contributed by atoms with Crippen LogP contribution in [-0.4, -0.2) is 4.98 Å². The maximum Gasteiger partial charge on any atom is 0.0667 e. The number of nitrogens with one attached hydrogen (secondary N) is 1. The second kappa shape index (κ2) is 3.45. The Morgan fingerprint density at radius 3 is 1.59 bits per heavy atom. The van der Waals surface area contributed by atoms with Crippen molar-refractivity contribution in [3.8, 4) is 0 Å². The Bertz CT molecular complexity index is 684. The number of H-pyrrole nitrogens is 1. The summed E-state index contributed by atoms with van der Waals surface area (Å²) in [6.07, 6.45) is 0. The number of anilines is 2. The smallest absolute Gasteiger partial charge is 0.0667 e. The molecule has 1 aromatic heterocycles. The van der Waals surface area contributed by atoms with Gasteiger partial charge < -0.3 is 16.5 Å². The molecule has 0 aliphatic rings. The van der Waals surface area contributed by atoms with Gasteiger partial charge in [-0.3, -0.25) is 0 Å². The number of aromatic nitrogens is 1. The quantitative estimate of drug-likeness (QED) is 0.542. The van der Waals surface area contributed by atoms with Gasteiger partial charge in [0.25, 0.3) is 0 Å². The lowest BCUT2D eigenvalue weighted by Crippen LogP contribution is -1.84. The van der Waals surface area contributed by atoms with Gasteiger partial charge in [0, 0.05) is 22.1 Å². The largest absolute Gasteiger partial charge is 0.399 e. The minimum absolute atomic E-state index is 0.575. The average molecular weight is 266 g/mol. The van der Waals surface area contributed by atoms with Crippen LogP contribution in [0.4, 0.5) is 11.4 Å². The van der Waals surface area contributed by atoms with E-state index in [-0.39, 0.29) is 0 Å². The Balaban J connectivity index is 2.60. The van der Waals surface area contributed by atoms with Gasteiger partial charge in [-0.2, -0.15) is 0 Å². The molecule has 0 bridgehead atoms. The Hall–Kier alpha value is -1.58. The standard InChI is InChI=1S/C12H9Cl2N3/c13-9-3-5(15)1-7-8-2-6(16)4-10(14)12(8)17-11(7)9/h1-4,17H,15-16H2. The van der Waals surface area contributed by atoms with Gasteiger partial charge in [-0.05, 0) is 24.3 Å². The normalized spacial score (nSPS) is 11.4. The number of rotatable bonds is 0.